The van der Waals surface area contributed by atoms with Crippen molar-refractivity contribution in [1.29, 1.82) is 0 Å². The van der Waals surface area contributed by atoms with E-state index in [2.05, 4.69) is 11.3 Å². The number of aryl methyl sites for hydroxylation is 1. The number of hydrogen-bond donors (Lipinski definition) is 0. The minimum absolute atomic E-state index is 0.157. The maximum atomic E-state index is 12.6. The van der Waals surface area contributed by atoms with Crippen molar-refractivity contribution in [2.75, 3.05) is 13.2 Å². The number of hydrogen-bond acceptors (Lipinski definition) is 3. The summed E-state index contributed by atoms with van der Waals surface area (Å²) in [7, 11) is 0. The molecule has 1 saturated carbocycles. The lowest BCUT2D eigenvalue weighted by atomic mass is 9.98. The number of carbonyl (C=O) groups excluding carboxylic acids is 1. The highest BCUT2D eigenvalue weighted by Crippen LogP contribution is 2.22. The molecule has 3 rings (SSSR count). The van der Waals surface area contributed by atoms with E-state index < -0.39 is 0 Å². The van der Waals surface area contributed by atoms with Crippen molar-refractivity contribution in [3.63, 3.8) is 0 Å². The number of likely N-dealkylation sites (tertiary alicyclic amines) is 1. The molecule has 1 atom stereocenters. The van der Waals surface area contributed by atoms with Crippen LogP contribution in [0.1, 0.15) is 56.9 Å². The average molecular weight is 319 g/mol. The van der Waals surface area contributed by atoms with E-state index in [0.29, 0.717) is 6.10 Å². The van der Waals surface area contributed by atoms with E-state index >= 15 is 0 Å². The van der Waals surface area contributed by atoms with E-state index in [4.69, 9.17) is 4.74 Å². The summed E-state index contributed by atoms with van der Waals surface area (Å²) in [6, 6.07) is 0.255. The molecule has 1 saturated heterocycles. The second-order valence-corrected chi connectivity index (χ2v) is 7.05. The van der Waals surface area contributed by atoms with E-state index in [1.807, 2.05) is 22.7 Å². The Labute approximate surface area is 139 Å². The predicted molar refractivity (Wildman–Crippen MR) is 89.1 cm³/mol. The van der Waals surface area contributed by atoms with Gasteiger partial charge in [-0.1, -0.05) is 19.3 Å². The first kappa shape index (κ1) is 16.5. The van der Waals surface area contributed by atoms with Crippen LogP contribution in [0.15, 0.2) is 12.4 Å². The van der Waals surface area contributed by atoms with Crippen LogP contribution in [0.4, 0.5) is 0 Å². The summed E-state index contributed by atoms with van der Waals surface area (Å²) in [4.78, 5) is 14.6. The molecule has 128 valence electrons. The van der Waals surface area contributed by atoms with Crippen LogP contribution in [0.3, 0.4) is 0 Å². The van der Waals surface area contributed by atoms with Crippen LogP contribution in [0.25, 0.3) is 0 Å². The molecule has 1 aliphatic heterocycles. The number of piperidine rings is 1. The number of carbonyl (C=O) groups is 1. The van der Waals surface area contributed by atoms with Gasteiger partial charge >= 0.3 is 0 Å². The molecule has 23 heavy (non-hydrogen) atoms. The minimum atomic E-state index is 0.157. The van der Waals surface area contributed by atoms with Crippen molar-refractivity contribution in [2.24, 2.45) is 0 Å². The first-order chi connectivity index (χ1) is 11.2. The topological polar surface area (TPSA) is 47.4 Å². The van der Waals surface area contributed by atoms with Crippen LogP contribution in [-0.2, 0) is 16.1 Å². The second kappa shape index (κ2) is 7.95. The Hall–Kier alpha value is -1.36. The van der Waals surface area contributed by atoms with Crippen LogP contribution in [-0.4, -0.2) is 45.9 Å². The summed E-state index contributed by atoms with van der Waals surface area (Å²) in [5, 5.41) is 4.37. The van der Waals surface area contributed by atoms with E-state index in [1.54, 1.807) is 0 Å². The molecule has 5 nitrogen and oxygen atoms in total. The van der Waals surface area contributed by atoms with Crippen molar-refractivity contribution < 1.29 is 9.53 Å². The quantitative estimate of drug-likeness (QED) is 0.838. The van der Waals surface area contributed by atoms with Crippen molar-refractivity contribution in [3.05, 3.63) is 18.0 Å². The highest BCUT2D eigenvalue weighted by molar-refractivity contribution is 5.77. The van der Waals surface area contributed by atoms with Gasteiger partial charge in [0.05, 0.1) is 24.9 Å². The summed E-state index contributed by atoms with van der Waals surface area (Å²) < 4.78 is 7.85. The summed E-state index contributed by atoms with van der Waals surface area (Å²) in [6.07, 6.45) is 13.6. The standard InChI is InChI=1S/C18H29N3O2/c1-15-11-19-20(12-15)13-16-7-5-6-10-21(16)18(22)14-23-17-8-3-2-4-9-17/h11-12,16-17H,2-10,13-14H2,1H3/t16-/m0/s1. The summed E-state index contributed by atoms with van der Waals surface area (Å²) in [6.45, 7) is 3.95. The molecule has 1 aromatic rings. The molecular formula is C18H29N3O2. The molecule has 0 N–H and O–H groups in total. The smallest absolute Gasteiger partial charge is 0.248 e. The van der Waals surface area contributed by atoms with Gasteiger partial charge in [-0.2, -0.15) is 5.10 Å². The molecule has 0 unspecified atom stereocenters. The minimum Gasteiger partial charge on any atom is -0.368 e. The molecule has 0 bridgehead atoms. The number of aromatic nitrogens is 2. The normalized spacial score (nSPS) is 23.2. The summed E-state index contributed by atoms with van der Waals surface area (Å²) in [5.74, 6) is 0.157. The maximum Gasteiger partial charge on any atom is 0.248 e. The lowest BCUT2D eigenvalue weighted by Gasteiger charge is -2.36. The van der Waals surface area contributed by atoms with Crippen molar-refractivity contribution >= 4 is 5.91 Å². The fraction of sp³-hybridized carbons (Fsp3) is 0.778. The van der Waals surface area contributed by atoms with E-state index in [-0.39, 0.29) is 18.6 Å². The van der Waals surface area contributed by atoms with Gasteiger partial charge in [0.25, 0.3) is 0 Å². The van der Waals surface area contributed by atoms with Gasteiger partial charge in [0.15, 0.2) is 0 Å². The molecule has 2 fully saturated rings. The molecule has 1 amide bonds. The Morgan fingerprint density at radius 1 is 1.22 bits per heavy atom. The van der Waals surface area contributed by atoms with Crippen LogP contribution >= 0.6 is 0 Å². The third-order valence-electron chi connectivity index (χ3n) is 5.10. The third kappa shape index (κ3) is 4.56. The van der Waals surface area contributed by atoms with Gasteiger partial charge in [0.1, 0.15) is 6.61 Å². The molecule has 0 spiro atoms. The molecule has 1 aromatic heterocycles. The number of ether oxygens (including phenoxy) is 1. The van der Waals surface area contributed by atoms with E-state index in [1.165, 1.54) is 31.2 Å². The first-order valence-corrected chi connectivity index (χ1v) is 9.12. The zero-order chi connectivity index (χ0) is 16.1. The number of rotatable bonds is 5. The Morgan fingerprint density at radius 2 is 2.00 bits per heavy atom. The zero-order valence-electron chi connectivity index (χ0n) is 14.2. The molecule has 0 radical (unpaired) electrons. The Bertz CT molecular complexity index is 508. The maximum absolute atomic E-state index is 12.6. The van der Waals surface area contributed by atoms with Gasteiger partial charge in [-0.15, -0.1) is 0 Å². The average Bonchev–Trinajstić information content (AvgIpc) is 2.99. The molecule has 2 heterocycles. The van der Waals surface area contributed by atoms with Gasteiger partial charge in [-0.05, 0) is 44.6 Å². The van der Waals surface area contributed by atoms with Crippen LogP contribution in [0.2, 0.25) is 0 Å². The Morgan fingerprint density at radius 3 is 2.74 bits per heavy atom. The highest BCUT2D eigenvalue weighted by atomic mass is 16.5. The second-order valence-electron chi connectivity index (χ2n) is 7.05. The summed E-state index contributed by atoms with van der Waals surface area (Å²) in [5.41, 5.74) is 1.17. The van der Waals surface area contributed by atoms with Crippen molar-refractivity contribution in [3.8, 4) is 0 Å². The first-order valence-electron chi connectivity index (χ1n) is 9.12. The molecule has 0 aromatic carbocycles. The van der Waals surface area contributed by atoms with Crippen molar-refractivity contribution in [2.45, 2.75) is 77.0 Å². The zero-order valence-corrected chi connectivity index (χ0v) is 14.2. The van der Waals surface area contributed by atoms with Crippen LogP contribution in [0, 0.1) is 6.92 Å². The lowest BCUT2D eigenvalue weighted by Crippen LogP contribution is -2.47. The van der Waals surface area contributed by atoms with Gasteiger partial charge in [-0.25, -0.2) is 0 Å². The van der Waals surface area contributed by atoms with E-state index in [0.717, 1.165) is 38.8 Å². The summed E-state index contributed by atoms with van der Waals surface area (Å²) >= 11 is 0. The largest absolute Gasteiger partial charge is 0.368 e. The predicted octanol–water partition coefficient (Wildman–Crippen LogP) is 2.92. The third-order valence-corrected chi connectivity index (χ3v) is 5.10. The van der Waals surface area contributed by atoms with Gasteiger partial charge in [-0.3, -0.25) is 9.48 Å². The van der Waals surface area contributed by atoms with Crippen molar-refractivity contribution in [1.82, 2.24) is 14.7 Å². The van der Waals surface area contributed by atoms with Crippen LogP contribution in [0.5, 0.6) is 0 Å². The SMILES string of the molecule is Cc1cnn(C[C@@H]2CCCCN2C(=O)COC2CCCCC2)c1. The fourth-order valence-electron chi connectivity index (χ4n) is 3.81. The van der Waals surface area contributed by atoms with E-state index in [9.17, 15) is 4.79 Å². The molecule has 1 aliphatic carbocycles. The molecule has 2 aliphatic rings. The number of amides is 1. The van der Waals surface area contributed by atoms with Crippen LogP contribution < -0.4 is 0 Å². The lowest BCUT2D eigenvalue weighted by molar-refractivity contribution is -0.143. The molecule has 5 heteroatoms. The monoisotopic (exact) mass is 319 g/mol. The highest BCUT2D eigenvalue weighted by Gasteiger charge is 2.28. The van der Waals surface area contributed by atoms with Gasteiger partial charge in [0, 0.05) is 12.7 Å². The Balaban J connectivity index is 1.53. The van der Waals surface area contributed by atoms with Gasteiger partial charge in [0.2, 0.25) is 5.91 Å². The molecular weight excluding hydrogens is 290 g/mol. The Kier molecular flexibility index (Phi) is 5.70. The van der Waals surface area contributed by atoms with Gasteiger partial charge < -0.3 is 9.64 Å². The number of nitrogens with zero attached hydrogens (tertiary/aromatic N) is 3. The fourth-order valence-corrected chi connectivity index (χ4v) is 3.81.